The highest BCUT2D eigenvalue weighted by atomic mass is 79.9. The monoisotopic (exact) mass is 411 g/mol. The maximum atomic E-state index is 5.85. The van der Waals surface area contributed by atoms with Gasteiger partial charge >= 0.3 is 0 Å². The summed E-state index contributed by atoms with van der Waals surface area (Å²) in [6, 6.07) is 3.99. The minimum Gasteiger partial charge on any atom is -0.491 e. The molecule has 1 aromatic rings. The van der Waals surface area contributed by atoms with E-state index < -0.39 is 0 Å². The Morgan fingerprint density at radius 3 is 2.50 bits per heavy atom. The van der Waals surface area contributed by atoms with Gasteiger partial charge < -0.3 is 10.1 Å². The minimum absolute atomic E-state index is 0.627. The van der Waals surface area contributed by atoms with E-state index in [0.29, 0.717) is 5.92 Å². The van der Waals surface area contributed by atoms with Crippen molar-refractivity contribution in [1.82, 2.24) is 5.32 Å². The molecule has 16 heavy (non-hydrogen) atoms. The Bertz CT molecular complexity index is 354. The molecule has 1 aliphatic heterocycles. The Labute approximate surface area is 121 Å². The van der Waals surface area contributed by atoms with Gasteiger partial charge in [0.05, 0.1) is 15.6 Å². The predicted molar refractivity (Wildman–Crippen MR) is 76.0 cm³/mol. The molecule has 1 aliphatic rings. The molecule has 1 heterocycles. The summed E-state index contributed by atoms with van der Waals surface area (Å²) in [4.78, 5) is 0. The summed E-state index contributed by atoms with van der Waals surface area (Å²) in [5.74, 6) is 1.51. The largest absolute Gasteiger partial charge is 0.491 e. The van der Waals surface area contributed by atoms with E-state index in [2.05, 4.69) is 53.1 Å². The summed E-state index contributed by atoms with van der Waals surface area (Å²) in [5, 5.41) is 3.34. The zero-order chi connectivity index (χ0) is 11.5. The molecule has 5 heteroatoms. The molecule has 0 aliphatic carbocycles. The van der Waals surface area contributed by atoms with Crippen LogP contribution in [0.25, 0.3) is 0 Å². The Kier molecular flexibility index (Phi) is 4.70. The molecule has 0 saturated carbocycles. The zero-order valence-corrected chi connectivity index (χ0v) is 13.4. The van der Waals surface area contributed by atoms with Crippen molar-refractivity contribution < 1.29 is 4.74 Å². The first-order chi connectivity index (χ1) is 7.66. The molecule has 1 N–H and O–H groups in total. The quantitative estimate of drug-likeness (QED) is 0.809. The van der Waals surface area contributed by atoms with Crippen LogP contribution in [0.3, 0.4) is 0 Å². The van der Waals surface area contributed by atoms with Gasteiger partial charge in [-0.15, -0.1) is 0 Å². The number of halogens is 3. The molecule has 1 aromatic carbocycles. The molecule has 1 atom stereocenters. The number of rotatable bonds is 3. The number of ether oxygens (including phenoxy) is 1. The van der Waals surface area contributed by atoms with Crippen LogP contribution in [0, 0.1) is 5.92 Å². The van der Waals surface area contributed by atoms with E-state index in [4.69, 9.17) is 4.74 Å². The van der Waals surface area contributed by atoms with Crippen LogP contribution in [0.1, 0.15) is 6.42 Å². The van der Waals surface area contributed by atoms with Gasteiger partial charge in [0.1, 0.15) is 5.75 Å². The average Bonchev–Trinajstić information content (AvgIpc) is 2.68. The highest BCUT2D eigenvalue weighted by Gasteiger charge is 2.16. The molecule has 0 radical (unpaired) electrons. The fourth-order valence-electron chi connectivity index (χ4n) is 1.72. The van der Waals surface area contributed by atoms with Gasteiger partial charge in [0.15, 0.2) is 0 Å². The molecular weight excluding hydrogens is 402 g/mol. The predicted octanol–water partition coefficient (Wildman–Crippen LogP) is 3.96. The Balaban J connectivity index is 2.03. The minimum atomic E-state index is 0.627. The summed E-state index contributed by atoms with van der Waals surface area (Å²) in [6.07, 6.45) is 1.20. The molecule has 0 bridgehead atoms. The molecule has 0 aromatic heterocycles. The van der Waals surface area contributed by atoms with E-state index in [9.17, 15) is 0 Å². The van der Waals surface area contributed by atoms with E-state index in [0.717, 1.165) is 38.9 Å². The van der Waals surface area contributed by atoms with Crippen molar-refractivity contribution in [2.45, 2.75) is 6.42 Å². The molecule has 0 spiro atoms. The molecule has 1 fully saturated rings. The fourth-order valence-corrected chi connectivity index (χ4v) is 4.21. The second-order valence-electron chi connectivity index (χ2n) is 3.87. The molecule has 88 valence electrons. The van der Waals surface area contributed by atoms with Crippen LogP contribution in [0.4, 0.5) is 0 Å². The lowest BCUT2D eigenvalue weighted by molar-refractivity contribution is 0.257. The standard InChI is InChI=1S/C11H12Br3NO/c12-8-3-9(13)11(10(14)4-8)16-6-7-1-2-15-5-7/h3-4,7,15H,1-2,5-6H2. The SMILES string of the molecule is Brc1cc(Br)c(OCC2CCNC2)c(Br)c1. The normalized spacial score (nSPS) is 20.1. The van der Waals surface area contributed by atoms with E-state index >= 15 is 0 Å². The summed E-state index contributed by atoms with van der Waals surface area (Å²) in [7, 11) is 0. The number of hydrogen-bond donors (Lipinski definition) is 1. The zero-order valence-electron chi connectivity index (χ0n) is 8.60. The third-order valence-corrected chi connectivity index (χ3v) is 4.22. The van der Waals surface area contributed by atoms with Crippen LogP contribution in [0.15, 0.2) is 25.6 Å². The first kappa shape index (κ1) is 12.9. The van der Waals surface area contributed by atoms with Gasteiger partial charge in [-0.25, -0.2) is 0 Å². The Hall–Kier alpha value is 0.420. The van der Waals surface area contributed by atoms with E-state index in [1.165, 1.54) is 6.42 Å². The molecule has 0 amide bonds. The Morgan fingerprint density at radius 1 is 1.25 bits per heavy atom. The second kappa shape index (κ2) is 5.85. The van der Waals surface area contributed by atoms with E-state index in [1.807, 2.05) is 12.1 Å². The van der Waals surface area contributed by atoms with Gasteiger partial charge in [-0.2, -0.15) is 0 Å². The van der Waals surface area contributed by atoms with Crippen molar-refractivity contribution in [3.8, 4) is 5.75 Å². The van der Waals surface area contributed by atoms with Crippen molar-refractivity contribution in [2.24, 2.45) is 5.92 Å². The Morgan fingerprint density at radius 2 is 1.94 bits per heavy atom. The van der Waals surface area contributed by atoms with Crippen molar-refractivity contribution in [3.05, 3.63) is 25.6 Å². The van der Waals surface area contributed by atoms with Gasteiger partial charge in [-0.05, 0) is 57.0 Å². The molecule has 1 unspecified atom stereocenters. The van der Waals surface area contributed by atoms with Crippen LogP contribution >= 0.6 is 47.8 Å². The molecule has 2 rings (SSSR count). The molecule has 1 saturated heterocycles. The number of nitrogens with one attached hydrogen (secondary N) is 1. The smallest absolute Gasteiger partial charge is 0.147 e. The van der Waals surface area contributed by atoms with Crippen molar-refractivity contribution in [1.29, 1.82) is 0 Å². The summed E-state index contributed by atoms with van der Waals surface area (Å²) in [5.41, 5.74) is 0. The highest BCUT2D eigenvalue weighted by molar-refractivity contribution is 9.11. The summed E-state index contributed by atoms with van der Waals surface area (Å²) >= 11 is 10.5. The van der Waals surface area contributed by atoms with Crippen molar-refractivity contribution >= 4 is 47.8 Å². The summed E-state index contributed by atoms with van der Waals surface area (Å²) in [6.45, 7) is 2.94. The highest BCUT2D eigenvalue weighted by Crippen LogP contribution is 2.36. The maximum Gasteiger partial charge on any atom is 0.147 e. The van der Waals surface area contributed by atoms with E-state index in [-0.39, 0.29) is 0 Å². The van der Waals surface area contributed by atoms with Crippen LogP contribution in [0.5, 0.6) is 5.75 Å². The number of benzene rings is 1. The molecule has 2 nitrogen and oxygen atoms in total. The van der Waals surface area contributed by atoms with Crippen molar-refractivity contribution in [2.75, 3.05) is 19.7 Å². The maximum absolute atomic E-state index is 5.85. The second-order valence-corrected chi connectivity index (χ2v) is 6.49. The lowest BCUT2D eigenvalue weighted by atomic mass is 10.1. The summed E-state index contributed by atoms with van der Waals surface area (Å²) < 4.78 is 8.82. The first-order valence-corrected chi connectivity index (χ1v) is 7.53. The van der Waals surface area contributed by atoms with Gasteiger partial charge in [-0.3, -0.25) is 0 Å². The fraction of sp³-hybridized carbons (Fsp3) is 0.455. The van der Waals surface area contributed by atoms with Gasteiger partial charge in [0.2, 0.25) is 0 Å². The van der Waals surface area contributed by atoms with Crippen LogP contribution < -0.4 is 10.1 Å². The lowest BCUT2D eigenvalue weighted by Gasteiger charge is -2.14. The van der Waals surface area contributed by atoms with Crippen LogP contribution in [-0.2, 0) is 0 Å². The van der Waals surface area contributed by atoms with E-state index in [1.54, 1.807) is 0 Å². The molecular formula is C11H12Br3NO. The van der Waals surface area contributed by atoms with Gasteiger partial charge in [0, 0.05) is 16.9 Å². The van der Waals surface area contributed by atoms with Gasteiger partial charge in [0.25, 0.3) is 0 Å². The first-order valence-electron chi connectivity index (χ1n) is 5.15. The number of hydrogen-bond acceptors (Lipinski definition) is 2. The van der Waals surface area contributed by atoms with Crippen LogP contribution in [0.2, 0.25) is 0 Å². The van der Waals surface area contributed by atoms with Gasteiger partial charge in [-0.1, -0.05) is 15.9 Å². The van der Waals surface area contributed by atoms with Crippen molar-refractivity contribution in [3.63, 3.8) is 0 Å². The third kappa shape index (κ3) is 3.22. The lowest BCUT2D eigenvalue weighted by Crippen LogP contribution is -2.15. The average molecular weight is 414 g/mol. The third-order valence-electron chi connectivity index (χ3n) is 2.59. The van der Waals surface area contributed by atoms with Crippen LogP contribution in [-0.4, -0.2) is 19.7 Å². The topological polar surface area (TPSA) is 21.3 Å².